The fraction of sp³-hybridized carbons (Fsp3) is 0.500. The van der Waals surface area contributed by atoms with Gasteiger partial charge in [-0.2, -0.15) is 0 Å². The van der Waals surface area contributed by atoms with E-state index in [1.807, 2.05) is 6.07 Å². The molecule has 5 nitrogen and oxygen atoms in total. The highest BCUT2D eigenvalue weighted by molar-refractivity contribution is 7.89. The Morgan fingerprint density at radius 1 is 1.32 bits per heavy atom. The second-order valence-corrected chi connectivity index (χ2v) is 6.88. The van der Waals surface area contributed by atoms with Crippen LogP contribution in [-0.2, 0) is 16.6 Å². The van der Waals surface area contributed by atoms with Crippen LogP contribution in [0.2, 0.25) is 0 Å². The summed E-state index contributed by atoms with van der Waals surface area (Å²) in [6.07, 6.45) is 0.454. The van der Waals surface area contributed by atoms with Crippen molar-refractivity contribution in [2.24, 2.45) is 0 Å². The van der Waals surface area contributed by atoms with Gasteiger partial charge in [0.15, 0.2) is 11.5 Å². The van der Waals surface area contributed by atoms with Crippen molar-refractivity contribution >= 4 is 21.6 Å². The zero-order valence-electron chi connectivity index (χ0n) is 10.6. The lowest BCUT2D eigenvalue weighted by Gasteiger charge is -2.17. The topological polar surface area (TPSA) is 55.8 Å². The minimum absolute atomic E-state index is 0.0670. The SMILES string of the molecule is CN(Cc1ccc2c(c1)OCO2)S(=O)(=O)CCCCl. The fourth-order valence-corrected chi connectivity index (χ4v) is 3.25. The molecule has 1 heterocycles. The van der Waals surface area contributed by atoms with Crippen LogP contribution in [0.4, 0.5) is 0 Å². The molecule has 0 saturated heterocycles. The van der Waals surface area contributed by atoms with E-state index in [9.17, 15) is 8.42 Å². The molecule has 1 aromatic rings. The Balaban J connectivity index is 2.04. The van der Waals surface area contributed by atoms with Gasteiger partial charge < -0.3 is 9.47 Å². The molecule has 0 aliphatic carbocycles. The number of hydrogen-bond acceptors (Lipinski definition) is 4. The predicted octanol–water partition coefficient (Wildman–Crippen LogP) is 1.81. The smallest absolute Gasteiger partial charge is 0.231 e. The minimum Gasteiger partial charge on any atom is -0.454 e. The van der Waals surface area contributed by atoms with Crippen LogP contribution in [-0.4, -0.2) is 38.2 Å². The molecule has 1 aliphatic rings. The first-order valence-electron chi connectivity index (χ1n) is 5.91. The summed E-state index contributed by atoms with van der Waals surface area (Å²) < 4.78 is 35.7. The zero-order chi connectivity index (χ0) is 13.9. The minimum atomic E-state index is -3.26. The van der Waals surface area contributed by atoms with Gasteiger partial charge in [-0.1, -0.05) is 6.07 Å². The van der Waals surface area contributed by atoms with Crippen LogP contribution in [0, 0.1) is 0 Å². The van der Waals surface area contributed by atoms with E-state index >= 15 is 0 Å². The summed E-state index contributed by atoms with van der Waals surface area (Å²) in [6, 6.07) is 5.42. The van der Waals surface area contributed by atoms with Gasteiger partial charge >= 0.3 is 0 Å². The van der Waals surface area contributed by atoms with E-state index < -0.39 is 10.0 Å². The second kappa shape index (κ2) is 5.98. The van der Waals surface area contributed by atoms with E-state index in [1.54, 1.807) is 19.2 Å². The molecule has 0 atom stereocenters. The highest BCUT2D eigenvalue weighted by Gasteiger charge is 2.19. The standard InChI is InChI=1S/C12H16ClNO4S/c1-14(19(15,16)6-2-5-13)8-10-3-4-11-12(7-10)18-9-17-11/h3-4,7H,2,5-6,8-9H2,1H3. The van der Waals surface area contributed by atoms with E-state index in [2.05, 4.69) is 0 Å². The molecule has 0 amide bonds. The molecule has 0 spiro atoms. The van der Waals surface area contributed by atoms with Crippen molar-refractivity contribution in [3.05, 3.63) is 23.8 Å². The van der Waals surface area contributed by atoms with Crippen LogP contribution in [0.1, 0.15) is 12.0 Å². The van der Waals surface area contributed by atoms with E-state index in [0.29, 0.717) is 30.3 Å². The highest BCUT2D eigenvalue weighted by Crippen LogP contribution is 2.32. The van der Waals surface area contributed by atoms with Gasteiger partial charge in [0.25, 0.3) is 0 Å². The summed E-state index contributed by atoms with van der Waals surface area (Å²) in [5, 5.41) is 0. The summed E-state index contributed by atoms with van der Waals surface area (Å²) in [5.74, 6) is 1.76. The van der Waals surface area contributed by atoms with Gasteiger partial charge in [0, 0.05) is 19.5 Å². The van der Waals surface area contributed by atoms with Crippen LogP contribution in [0.3, 0.4) is 0 Å². The monoisotopic (exact) mass is 305 g/mol. The van der Waals surface area contributed by atoms with Crippen molar-refractivity contribution < 1.29 is 17.9 Å². The third-order valence-corrected chi connectivity index (χ3v) is 5.00. The maximum absolute atomic E-state index is 11.9. The van der Waals surface area contributed by atoms with Gasteiger partial charge in [-0.3, -0.25) is 0 Å². The number of ether oxygens (including phenoxy) is 2. The quantitative estimate of drug-likeness (QED) is 0.752. The highest BCUT2D eigenvalue weighted by atomic mass is 35.5. The van der Waals surface area contributed by atoms with Crippen molar-refractivity contribution in [1.29, 1.82) is 0 Å². The largest absolute Gasteiger partial charge is 0.454 e. The summed E-state index contributed by atoms with van der Waals surface area (Å²) in [7, 11) is -1.69. The van der Waals surface area contributed by atoms with Crippen LogP contribution < -0.4 is 9.47 Å². The van der Waals surface area contributed by atoms with Gasteiger partial charge in [0.05, 0.1) is 5.75 Å². The number of alkyl halides is 1. The molecule has 106 valence electrons. The first-order valence-corrected chi connectivity index (χ1v) is 8.06. The Hall–Kier alpha value is -0.980. The molecular weight excluding hydrogens is 290 g/mol. The number of benzene rings is 1. The van der Waals surface area contributed by atoms with Crippen LogP contribution in [0.15, 0.2) is 18.2 Å². The first kappa shape index (κ1) is 14.4. The second-order valence-electron chi connectivity index (χ2n) is 4.30. The van der Waals surface area contributed by atoms with Crippen molar-refractivity contribution in [2.45, 2.75) is 13.0 Å². The maximum atomic E-state index is 11.9. The normalized spacial score (nSPS) is 14.1. The summed E-state index contributed by atoms with van der Waals surface area (Å²) in [5.41, 5.74) is 0.862. The molecular formula is C12H16ClNO4S. The van der Waals surface area contributed by atoms with Crippen molar-refractivity contribution in [1.82, 2.24) is 4.31 Å². The first-order chi connectivity index (χ1) is 9.03. The Bertz CT molecular complexity index is 547. The van der Waals surface area contributed by atoms with Crippen LogP contribution in [0.5, 0.6) is 11.5 Å². The Morgan fingerprint density at radius 3 is 2.79 bits per heavy atom. The third kappa shape index (κ3) is 3.52. The van der Waals surface area contributed by atoms with Gasteiger partial charge in [-0.15, -0.1) is 11.6 Å². The van der Waals surface area contributed by atoms with Crippen LogP contribution >= 0.6 is 11.6 Å². The molecule has 0 N–H and O–H groups in total. The van der Waals surface area contributed by atoms with Crippen molar-refractivity contribution in [3.8, 4) is 11.5 Å². The third-order valence-electron chi connectivity index (χ3n) is 2.85. The Kier molecular flexibility index (Phi) is 4.54. The molecule has 0 radical (unpaired) electrons. The number of fused-ring (bicyclic) bond motifs is 1. The van der Waals surface area contributed by atoms with E-state index in [-0.39, 0.29) is 12.5 Å². The lowest BCUT2D eigenvalue weighted by Crippen LogP contribution is -2.29. The Morgan fingerprint density at radius 2 is 2.05 bits per heavy atom. The zero-order valence-corrected chi connectivity index (χ0v) is 12.2. The average molecular weight is 306 g/mol. The summed E-state index contributed by atoms with van der Waals surface area (Å²) >= 11 is 5.52. The van der Waals surface area contributed by atoms with Crippen molar-refractivity contribution in [2.75, 3.05) is 25.5 Å². The van der Waals surface area contributed by atoms with E-state index in [1.165, 1.54) is 4.31 Å². The van der Waals surface area contributed by atoms with Gasteiger partial charge in [-0.05, 0) is 24.1 Å². The molecule has 2 rings (SSSR count). The summed E-state index contributed by atoms with van der Waals surface area (Å²) in [6.45, 7) is 0.518. The Labute approximate surface area is 118 Å². The molecule has 7 heteroatoms. The van der Waals surface area contributed by atoms with Crippen molar-refractivity contribution in [3.63, 3.8) is 0 Å². The van der Waals surface area contributed by atoms with Crippen LogP contribution in [0.25, 0.3) is 0 Å². The molecule has 19 heavy (non-hydrogen) atoms. The number of sulfonamides is 1. The van der Waals surface area contributed by atoms with Gasteiger partial charge in [-0.25, -0.2) is 12.7 Å². The molecule has 0 saturated carbocycles. The maximum Gasteiger partial charge on any atom is 0.231 e. The number of hydrogen-bond donors (Lipinski definition) is 0. The molecule has 0 unspecified atom stereocenters. The molecule has 1 aliphatic heterocycles. The van der Waals surface area contributed by atoms with E-state index in [4.69, 9.17) is 21.1 Å². The molecule has 0 fully saturated rings. The molecule has 1 aromatic carbocycles. The lowest BCUT2D eigenvalue weighted by atomic mass is 10.2. The number of halogens is 1. The predicted molar refractivity (Wildman–Crippen MR) is 73.2 cm³/mol. The van der Waals surface area contributed by atoms with Gasteiger partial charge in [0.2, 0.25) is 16.8 Å². The molecule has 0 aromatic heterocycles. The molecule has 0 bridgehead atoms. The summed E-state index contributed by atoms with van der Waals surface area (Å²) in [4.78, 5) is 0. The van der Waals surface area contributed by atoms with E-state index in [0.717, 1.165) is 5.56 Å². The fourth-order valence-electron chi connectivity index (χ4n) is 1.79. The number of rotatable bonds is 6. The number of nitrogens with zero attached hydrogens (tertiary/aromatic N) is 1. The lowest BCUT2D eigenvalue weighted by molar-refractivity contribution is 0.174. The average Bonchev–Trinajstić information content (AvgIpc) is 2.83. The van der Waals surface area contributed by atoms with Gasteiger partial charge in [0.1, 0.15) is 0 Å².